The third-order valence-electron chi connectivity index (χ3n) is 4.78. The van der Waals surface area contributed by atoms with Gasteiger partial charge >= 0.3 is 5.69 Å². The summed E-state index contributed by atoms with van der Waals surface area (Å²) >= 11 is 5.89. The Labute approximate surface area is 166 Å². The topological polar surface area (TPSA) is 54.3 Å². The van der Waals surface area contributed by atoms with E-state index in [1.54, 1.807) is 30.5 Å². The van der Waals surface area contributed by atoms with Gasteiger partial charge in [-0.15, -0.1) is 0 Å². The molecular formula is C20H19ClFN5O. The fourth-order valence-electron chi connectivity index (χ4n) is 3.22. The van der Waals surface area contributed by atoms with Crippen molar-refractivity contribution in [2.75, 3.05) is 36.0 Å². The largest absolute Gasteiger partial charge is 0.368 e. The summed E-state index contributed by atoms with van der Waals surface area (Å²) in [4.78, 5) is 20.8. The van der Waals surface area contributed by atoms with E-state index >= 15 is 0 Å². The van der Waals surface area contributed by atoms with Gasteiger partial charge in [0.1, 0.15) is 5.82 Å². The average molecular weight is 400 g/mol. The van der Waals surface area contributed by atoms with Gasteiger partial charge in [0.05, 0.1) is 12.7 Å². The maximum atomic E-state index is 13.1. The predicted molar refractivity (Wildman–Crippen MR) is 108 cm³/mol. The number of nitrogens with zero attached hydrogens (tertiary/aromatic N) is 5. The van der Waals surface area contributed by atoms with Crippen molar-refractivity contribution < 1.29 is 4.39 Å². The highest BCUT2D eigenvalue weighted by Crippen LogP contribution is 2.19. The summed E-state index contributed by atoms with van der Waals surface area (Å²) in [6.07, 6.45) is 1.63. The first-order valence-corrected chi connectivity index (χ1v) is 9.40. The molecule has 1 fully saturated rings. The second-order valence-corrected chi connectivity index (χ2v) is 7.07. The molecule has 1 aliphatic rings. The summed E-state index contributed by atoms with van der Waals surface area (Å²) in [7, 11) is 0. The Kier molecular flexibility index (Phi) is 5.25. The molecule has 2 aromatic carbocycles. The Bertz CT molecular complexity index is 998. The maximum absolute atomic E-state index is 13.1. The normalized spacial score (nSPS) is 14.4. The molecule has 144 valence electrons. The minimum Gasteiger partial charge on any atom is -0.368 e. The summed E-state index contributed by atoms with van der Waals surface area (Å²) < 4.78 is 14.4. The zero-order valence-corrected chi connectivity index (χ0v) is 15.9. The van der Waals surface area contributed by atoms with Crippen molar-refractivity contribution in [1.29, 1.82) is 0 Å². The minimum absolute atomic E-state index is 0.239. The molecule has 0 radical (unpaired) electrons. The van der Waals surface area contributed by atoms with Crippen LogP contribution < -0.4 is 15.5 Å². The highest BCUT2D eigenvalue weighted by Gasteiger charge is 2.19. The molecule has 0 amide bonds. The maximum Gasteiger partial charge on any atom is 0.366 e. The Hall–Kier alpha value is -2.93. The molecule has 1 aliphatic heterocycles. The van der Waals surface area contributed by atoms with Crippen LogP contribution in [0.25, 0.3) is 0 Å². The van der Waals surface area contributed by atoms with Gasteiger partial charge in [-0.05, 0) is 42.0 Å². The van der Waals surface area contributed by atoms with Gasteiger partial charge in [-0.3, -0.25) is 0 Å². The summed E-state index contributed by atoms with van der Waals surface area (Å²) in [6.45, 7) is 3.31. The average Bonchev–Trinajstić information content (AvgIpc) is 2.72. The summed E-state index contributed by atoms with van der Waals surface area (Å²) in [6, 6.07) is 13.8. The second kappa shape index (κ2) is 7.98. The Morgan fingerprint density at radius 2 is 1.57 bits per heavy atom. The first-order chi connectivity index (χ1) is 13.6. The van der Waals surface area contributed by atoms with Gasteiger partial charge in [-0.2, -0.15) is 10.1 Å². The van der Waals surface area contributed by atoms with Gasteiger partial charge < -0.3 is 9.80 Å². The monoisotopic (exact) mass is 399 g/mol. The third kappa shape index (κ3) is 4.14. The standard InChI is InChI=1S/C20H19ClFN5O/c21-16-3-1-15(2-4-16)14-27-20(28)24-19(13-23-27)26-11-9-25(10-12-26)18-7-5-17(22)6-8-18/h1-8,13H,9-12,14H2. The molecule has 0 aliphatic carbocycles. The van der Waals surface area contributed by atoms with Crippen LogP contribution in [0.5, 0.6) is 0 Å². The van der Waals surface area contributed by atoms with Gasteiger partial charge in [-0.1, -0.05) is 23.7 Å². The molecule has 0 saturated carbocycles. The van der Waals surface area contributed by atoms with Gasteiger partial charge in [0.2, 0.25) is 0 Å². The quantitative estimate of drug-likeness (QED) is 0.675. The van der Waals surface area contributed by atoms with E-state index in [9.17, 15) is 9.18 Å². The van der Waals surface area contributed by atoms with Crippen LogP contribution >= 0.6 is 11.6 Å². The zero-order chi connectivity index (χ0) is 19.5. The molecular weight excluding hydrogens is 381 g/mol. The highest BCUT2D eigenvalue weighted by atomic mass is 35.5. The summed E-state index contributed by atoms with van der Waals surface area (Å²) in [5.41, 5.74) is 1.54. The zero-order valence-electron chi connectivity index (χ0n) is 15.1. The predicted octanol–water partition coefficient (Wildman–Crippen LogP) is 2.81. The van der Waals surface area contributed by atoms with Crippen molar-refractivity contribution in [1.82, 2.24) is 14.8 Å². The minimum atomic E-state index is -0.381. The molecule has 0 unspecified atom stereocenters. The fraction of sp³-hybridized carbons (Fsp3) is 0.250. The lowest BCUT2D eigenvalue weighted by atomic mass is 10.2. The molecule has 1 aromatic heterocycles. The van der Waals surface area contributed by atoms with E-state index in [4.69, 9.17) is 11.6 Å². The highest BCUT2D eigenvalue weighted by molar-refractivity contribution is 6.30. The smallest absolute Gasteiger partial charge is 0.366 e. The van der Waals surface area contributed by atoms with Crippen LogP contribution in [-0.4, -0.2) is 40.9 Å². The van der Waals surface area contributed by atoms with Crippen molar-refractivity contribution in [2.45, 2.75) is 6.54 Å². The van der Waals surface area contributed by atoms with Gasteiger partial charge in [-0.25, -0.2) is 13.9 Å². The second-order valence-electron chi connectivity index (χ2n) is 6.63. The molecule has 0 bridgehead atoms. The van der Waals surface area contributed by atoms with Crippen LogP contribution in [0.4, 0.5) is 15.9 Å². The molecule has 4 rings (SSSR count). The lowest BCUT2D eigenvalue weighted by Gasteiger charge is -2.36. The van der Waals surface area contributed by atoms with E-state index in [0.29, 0.717) is 30.5 Å². The van der Waals surface area contributed by atoms with Crippen LogP contribution in [0.15, 0.2) is 59.5 Å². The van der Waals surface area contributed by atoms with Crippen molar-refractivity contribution >= 4 is 23.1 Å². The van der Waals surface area contributed by atoms with E-state index < -0.39 is 0 Å². The number of anilines is 2. The van der Waals surface area contributed by atoms with Crippen LogP contribution in [0.3, 0.4) is 0 Å². The number of rotatable bonds is 4. The Morgan fingerprint density at radius 1 is 0.929 bits per heavy atom. The SMILES string of the molecule is O=c1nc(N2CCN(c3ccc(F)cc3)CC2)cnn1Cc1ccc(Cl)cc1. The van der Waals surface area contributed by atoms with E-state index in [0.717, 1.165) is 24.3 Å². The molecule has 0 N–H and O–H groups in total. The number of benzene rings is 2. The lowest BCUT2D eigenvalue weighted by Crippen LogP contribution is -2.47. The van der Waals surface area contributed by atoms with Crippen molar-refractivity contribution in [2.24, 2.45) is 0 Å². The number of hydrogen-bond acceptors (Lipinski definition) is 5. The van der Waals surface area contributed by atoms with Crippen LogP contribution in [-0.2, 0) is 6.54 Å². The number of halogens is 2. The number of hydrogen-bond donors (Lipinski definition) is 0. The molecule has 0 atom stereocenters. The number of piperazine rings is 1. The van der Waals surface area contributed by atoms with Crippen molar-refractivity contribution in [3.05, 3.63) is 81.6 Å². The summed E-state index contributed by atoms with van der Waals surface area (Å²) in [5.74, 6) is 0.341. The molecule has 3 aromatic rings. The van der Waals surface area contributed by atoms with E-state index in [-0.39, 0.29) is 11.5 Å². The first-order valence-electron chi connectivity index (χ1n) is 9.02. The summed E-state index contributed by atoms with van der Waals surface area (Å²) in [5, 5.41) is 4.92. The fourth-order valence-corrected chi connectivity index (χ4v) is 3.35. The number of aromatic nitrogens is 3. The third-order valence-corrected chi connectivity index (χ3v) is 5.04. The van der Waals surface area contributed by atoms with E-state index in [1.165, 1.54) is 16.8 Å². The first kappa shape index (κ1) is 18.4. The van der Waals surface area contributed by atoms with Crippen LogP contribution in [0, 0.1) is 5.82 Å². The molecule has 0 spiro atoms. The molecule has 6 nitrogen and oxygen atoms in total. The van der Waals surface area contributed by atoms with E-state index in [1.807, 2.05) is 17.0 Å². The van der Waals surface area contributed by atoms with Gasteiger partial charge in [0.15, 0.2) is 5.82 Å². The van der Waals surface area contributed by atoms with E-state index in [2.05, 4.69) is 15.0 Å². The van der Waals surface area contributed by atoms with Crippen molar-refractivity contribution in [3.63, 3.8) is 0 Å². The molecule has 8 heteroatoms. The molecule has 28 heavy (non-hydrogen) atoms. The van der Waals surface area contributed by atoms with Crippen LogP contribution in [0.2, 0.25) is 5.02 Å². The van der Waals surface area contributed by atoms with Gasteiger partial charge in [0, 0.05) is 36.9 Å². The Balaban J connectivity index is 1.41. The van der Waals surface area contributed by atoms with Crippen molar-refractivity contribution in [3.8, 4) is 0 Å². The lowest BCUT2D eigenvalue weighted by molar-refractivity contribution is 0.595. The van der Waals surface area contributed by atoms with Gasteiger partial charge in [0.25, 0.3) is 0 Å². The molecule has 2 heterocycles. The Morgan fingerprint density at radius 3 is 2.21 bits per heavy atom. The van der Waals surface area contributed by atoms with Crippen LogP contribution in [0.1, 0.15) is 5.56 Å². The molecule has 1 saturated heterocycles.